The van der Waals surface area contributed by atoms with Crippen LogP contribution in [0.1, 0.15) is 37.4 Å². The van der Waals surface area contributed by atoms with Gasteiger partial charge in [0.25, 0.3) is 0 Å². The zero-order chi connectivity index (χ0) is 14.8. The molecule has 0 fully saturated rings. The van der Waals surface area contributed by atoms with E-state index in [1.807, 2.05) is 33.0 Å². The van der Waals surface area contributed by atoms with Crippen molar-refractivity contribution in [1.29, 1.82) is 0 Å². The van der Waals surface area contributed by atoms with E-state index in [-0.39, 0.29) is 5.97 Å². The lowest BCUT2D eigenvalue weighted by atomic mass is 9.95. The van der Waals surface area contributed by atoms with Gasteiger partial charge in [-0.15, -0.1) is 0 Å². The van der Waals surface area contributed by atoms with E-state index >= 15 is 0 Å². The van der Waals surface area contributed by atoms with Crippen LogP contribution in [0.3, 0.4) is 0 Å². The van der Waals surface area contributed by atoms with Crippen LogP contribution in [0.2, 0.25) is 0 Å². The van der Waals surface area contributed by atoms with Crippen molar-refractivity contribution in [3.05, 3.63) is 29.3 Å². The molecule has 0 bridgehead atoms. The van der Waals surface area contributed by atoms with E-state index in [9.17, 15) is 4.79 Å². The Morgan fingerprint density at radius 2 is 2.20 bits per heavy atom. The van der Waals surface area contributed by atoms with Gasteiger partial charge in [0, 0.05) is 6.04 Å². The van der Waals surface area contributed by atoms with Crippen LogP contribution >= 0.6 is 0 Å². The summed E-state index contributed by atoms with van der Waals surface area (Å²) in [6.45, 7) is 3.98. The van der Waals surface area contributed by atoms with E-state index in [1.54, 1.807) is 0 Å². The maximum absolute atomic E-state index is 11.7. The molecule has 1 aliphatic rings. The summed E-state index contributed by atoms with van der Waals surface area (Å²) in [7, 11) is 3.38. The molecule has 0 saturated heterocycles. The monoisotopic (exact) mass is 277 g/mol. The largest absolute Gasteiger partial charge is 0.492 e. The zero-order valence-electron chi connectivity index (χ0n) is 12.7. The predicted octanol–water partition coefficient (Wildman–Crippen LogP) is 2.47. The Morgan fingerprint density at radius 3 is 2.85 bits per heavy atom. The Bertz CT molecular complexity index is 496. The molecular weight excluding hydrogens is 254 g/mol. The summed E-state index contributed by atoms with van der Waals surface area (Å²) in [4.78, 5) is 11.7. The molecule has 1 aromatic rings. The fraction of sp³-hybridized carbons (Fsp3) is 0.562. The lowest BCUT2D eigenvalue weighted by Gasteiger charge is -2.22. The molecule has 1 aromatic carbocycles. The van der Waals surface area contributed by atoms with Gasteiger partial charge >= 0.3 is 5.97 Å². The predicted molar refractivity (Wildman–Crippen MR) is 77.9 cm³/mol. The summed E-state index contributed by atoms with van der Waals surface area (Å²) in [5.41, 5.74) is 1.92. The van der Waals surface area contributed by atoms with Crippen molar-refractivity contribution < 1.29 is 14.3 Å². The molecular formula is C16H23NO3. The molecule has 0 aromatic heterocycles. The van der Waals surface area contributed by atoms with Crippen molar-refractivity contribution in [1.82, 2.24) is 5.32 Å². The van der Waals surface area contributed by atoms with Gasteiger partial charge in [-0.05, 0) is 50.9 Å². The Hall–Kier alpha value is -1.55. The average Bonchev–Trinajstić information content (AvgIpc) is 2.87. The van der Waals surface area contributed by atoms with E-state index in [0.717, 1.165) is 18.6 Å². The molecule has 1 N–H and O–H groups in total. The van der Waals surface area contributed by atoms with Crippen molar-refractivity contribution in [2.24, 2.45) is 5.41 Å². The maximum atomic E-state index is 11.7. The number of ether oxygens (including phenoxy) is 2. The molecule has 0 amide bonds. The van der Waals surface area contributed by atoms with Crippen LogP contribution in [0.15, 0.2) is 18.2 Å². The van der Waals surface area contributed by atoms with Crippen molar-refractivity contribution in [2.75, 3.05) is 20.8 Å². The summed E-state index contributed by atoms with van der Waals surface area (Å²) < 4.78 is 10.7. The first-order valence-corrected chi connectivity index (χ1v) is 7.00. The molecule has 1 aliphatic carbocycles. The van der Waals surface area contributed by atoms with Crippen LogP contribution < -0.4 is 10.1 Å². The topological polar surface area (TPSA) is 47.6 Å². The highest BCUT2D eigenvalue weighted by molar-refractivity contribution is 5.75. The van der Waals surface area contributed by atoms with Gasteiger partial charge in [-0.2, -0.15) is 0 Å². The van der Waals surface area contributed by atoms with Crippen LogP contribution in [0.25, 0.3) is 0 Å². The van der Waals surface area contributed by atoms with Gasteiger partial charge in [-0.3, -0.25) is 4.79 Å². The smallest absolute Gasteiger partial charge is 0.314 e. The minimum absolute atomic E-state index is 0.252. The molecule has 20 heavy (non-hydrogen) atoms. The minimum atomic E-state index is -0.640. The van der Waals surface area contributed by atoms with Gasteiger partial charge in [-0.25, -0.2) is 0 Å². The Labute approximate surface area is 120 Å². The number of hydrogen-bond acceptors (Lipinski definition) is 4. The van der Waals surface area contributed by atoms with E-state index in [4.69, 9.17) is 9.47 Å². The van der Waals surface area contributed by atoms with Crippen LogP contribution in [-0.2, 0) is 16.0 Å². The van der Waals surface area contributed by atoms with Crippen molar-refractivity contribution in [3.8, 4) is 5.75 Å². The Balaban J connectivity index is 2.12. The fourth-order valence-corrected chi connectivity index (χ4v) is 2.65. The molecule has 2 rings (SSSR count). The number of fused-ring (bicyclic) bond motifs is 1. The number of carbonyl (C=O) groups is 1. The van der Waals surface area contributed by atoms with Crippen LogP contribution in [0.5, 0.6) is 5.75 Å². The molecule has 0 spiro atoms. The fourth-order valence-electron chi connectivity index (χ4n) is 2.65. The molecule has 1 unspecified atom stereocenters. The van der Waals surface area contributed by atoms with E-state index < -0.39 is 5.41 Å². The van der Waals surface area contributed by atoms with Gasteiger partial charge in [-0.1, -0.05) is 12.1 Å². The Kier molecular flexibility index (Phi) is 4.33. The van der Waals surface area contributed by atoms with E-state index in [1.165, 1.54) is 18.2 Å². The quantitative estimate of drug-likeness (QED) is 0.840. The minimum Gasteiger partial charge on any atom is -0.492 e. The number of methoxy groups -OCH3 is 1. The molecule has 0 saturated carbocycles. The van der Waals surface area contributed by atoms with Crippen molar-refractivity contribution >= 4 is 5.97 Å². The van der Waals surface area contributed by atoms with E-state index in [2.05, 4.69) is 11.4 Å². The normalized spacial score (nSPS) is 17.7. The standard InChI is InChI=1S/C16H23NO3/c1-16(2,15(18)19-4)10-20-14-7-5-6-11-12(14)8-9-13(11)17-3/h5-7,13,17H,8-10H2,1-4H3. The average molecular weight is 277 g/mol. The molecule has 0 aliphatic heterocycles. The second kappa shape index (κ2) is 5.83. The molecule has 4 nitrogen and oxygen atoms in total. The third-order valence-electron chi connectivity index (χ3n) is 3.90. The van der Waals surface area contributed by atoms with Gasteiger partial charge in [0.05, 0.1) is 12.5 Å². The first kappa shape index (κ1) is 14.9. The maximum Gasteiger partial charge on any atom is 0.314 e. The first-order valence-electron chi connectivity index (χ1n) is 7.00. The Morgan fingerprint density at radius 1 is 1.45 bits per heavy atom. The molecule has 110 valence electrons. The summed E-state index contributed by atoms with van der Waals surface area (Å²) in [6.07, 6.45) is 2.10. The highest BCUT2D eigenvalue weighted by atomic mass is 16.5. The third-order valence-corrected chi connectivity index (χ3v) is 3.90. The van der Waals surface area contributed by atoms with Crippen molar-refractivity contribution in [2.45, 2.75) is 32.7 Å². The number of carbonyl (C=O) groups excluding carboxylic acids is 1. The lowest BCUT2D eigenvalue weighted by Crippen LogP contribution is -2.32. The summed E-state index contributed by atoms with van der Waals surface area (Å²) >= 11 is 0. The highest BCUT2D eigenvalue weighted by Gasteiger charge is 2.31. The van der Waals surface area contributed by atoms with Gasteiger partial charge in [0.15, 0.2) is 0 Å². The second-order valence-electron chi connectivity index (χ2n) is 5.87. The van der Waals surface area contributed by atoms with Gasteiger partial charge in [0.1, 0.15) is 12.4 Å². The molecule has 1 atom stereocenters. The number of nitrogens with one attached hydrogen (secondary N) is 1. The highest BCUT2D eigenvalue weighted by Crippen LogP contribution is 2.37. The van der Waals surface area contributed by atoms with Gasteiger partial charge in [0.2, 0.25) is 0 Å². The summed E-state index contributed by atoms with van der Waals surface area (Å²) in [5, 5.41) is 3.32. The number of esters is 1. The molecule has 0 radical (unpaired) electrons. The SMILES string of the molecule is CNC1CCc2c(OCC(C)(C)C(=O)OC)cccc21. The van der Waals surface area contributed by atoms with Gasteiger partial charge < -0.3 is 14.8 Å². The summed E-state index contributed by atoms with van der Waals surface area (Å²) in [6, 6.07) is 6.53. The second-order valence-corrected chi connectivity index (χ2v) is 5.87. The van der Waals surface area contributed by atoms with Crippen LogP contribution in [-0.4, -0.2) is 26.7 Å². The summed E-state index contributed by atoms with van der Waals surface area (Å²) in [5.74, 6) is 0.635. The first-order chi connectivity index (χ1) is 9.49. The van der Waals surface area contributed by atoms with Crippen LogP contribution in [0.4, 0.5) is 0 Å². The number of benzene rings is 1. The number of rotatable bonds is 5. The molecule has 0 heterocycles. The number of hydrogen-bond donors (Lipinski definition) is 1. The van der Waals surface area contributed by atoms with Crippen molar-refractivity contribution in [3.63, 3.8) is 0 Å². The van der Waals surface area contributed by atoms with Crippen LogP contribution in [0, 0.1) is 5.41 Å². The molecule has 4 heteroatoms. The third kappa shape index (κ3) is 2.80. The van der Waals surface area contributed by atoms with E-state index in [0.29, 0.717) is 12.6 Å². The lowest BCUT2D eigenvalue weighted by molar-refractivity contribution is -0.152. The zero-order valence-corrected chi connectivity index (χ0v) is 12.7.